The van der Waals surface area contributed by atoms with Crippen LogP contribution in [-0.2, 0) is 21.4 Å². The van der Waals surface area contributed by atoms with E-state index in [-0.39, 0.29) is 17.3 Å². The Hall–Kier alpha value is -2.38. The monoisotopic (exact) mass is 429 g/mol. The van der Waals surface area contributed by atoms with Crippen LogP contribution in [0.1, 0.15) is 30.4 Å². The second-order valence-electron chi connectivity index (χ2n) is 8.00. The molecule has 6 nitrogen and oxygen atoms in total. The number of para-hydroxylation sites is 1. The summed E-state index contributed by atoms with van der Waals surface area (Å²) in [6.07, 6.45) is 3.63. The predicted octanol–water partition coefficient (Wildman–Crippen LogP) is 3.26. The maximum Gasteiger partial charge on any atom is 0.243 e. The van der Waals surface area contributed by atoms with Crippen LogP contribution in [0.4, 0.5) is 5.69 Å². The fraction of sp³-hybridized carbons (Fsp3) is 0.435. The van der Waals surface area contributed by atoms with Gasteiger partial charge in [-0.2, -0.15) is 4.31 Å². The Bertz CT molecular complexity index is 967. The van der Waals surface area contributed by atoms with Crippen LogP contribution >= 0.6 is 0 Å². The SMILES string of the molecule is Cc1ccc(S(=O)(=O)N(C)CC(=O)N(C)Cc2ccccc2N2CCCCC2)cc1. The van der Waals surface area contributed by atoms with Crippen molar-refractivity contribution in [1.29, 1.82) is 0 Å². The average Bonchev–Trinajstić information content (AvgIpc) is 2.75. The highest BCUT2D eigenvalue weighted by Gasteiger charge is 2.25. The second-order valence-corrected chi connectivity index (χ2v) is 10.0. The molecule has 162 valence electrons. The molecule has 2 aromatic carbocycles. The topological polar surface area (TPSA) is 60.9 Å². The Morgan fingerprint density at radius 2 is 1.60 bits per heavy atom. The normalized spacial score (nSPS) is 14.7. The molecule has 1 saturated heterocycles. The van der Waals surface area contributed by atoms with Crippen molar-refractivity contribution >= 4 is 21.6 Å². The van der Waals surface area contributed by atoms with Gasteiger partial charge in [-0.1, -0.05) is 35.9 Å². The van der Waals surface area contributed by atoms with E-state index in [9.17, 15) is 13.2 Å². The minimum Gasteiger partial charge on any atom is -0.371 e. The molecule has 7 heteroatoms. The lowest BCUT2D eigenvalue weighted by Crippen LogP contribution is -2.39. The molecule has 0 bridgehead atoms. The number of sulfonamides is 1. The average molecular weight is 430 g/mol. The molecule has 0 unspecified atom stereocenters. The van der Waals surface area contributed by atoms with Crippen LogP contribution in [0.2, 0.25) is 0 Å². The first-order valence-corrected chi connectivity index (χ1v) is 11.8. The molecule has 0 radical (unpaired) electrons. The van der Waals surface area contributed by atoms with Crippen LogP contribution in [0.15, 0.2) is 53.4 Å². The quantitative estimate of drug-likeness (QED) is 0.678. The number of benzene rings is 2. The van der Waals surface area contributed by atoms with E-state index in [1.54, 1.807) is 36.2 Å². The number of hydrogen-bond acceptors (Lipinski definition) is 4. The Balaban J connectivity index is 1.67. The molecule has 0 aliphatic carbocycles. The summed E-state index contributed by atoms with van der Waals surface area (Å²) in [5, 5.41) is 0. The zero-order valence-corrected chi connectivity index (χ0v) is 18.9. The molecule has 1 amide bonds. The summed E-state index contributed by atoms with van der Waals surface area (Å²) in [4.78, 5) is 17.0. The van der Waals surface area contributed by atoms with E-state index in [1.807, 2.05) is 25.1 Å². The highest BCUT2D eigenvalue weighted by Crippen LogP contribution is 2.25. The van der Waals surface area contributed by atoms with Gasteiger partial charge in [-0.3, -0.25) is 4.79 Å². The standard InChI is InChI=1S/C23H31N3O3S/c1-19-11-13-21(14-12-19)30(28,29)25(3)18-23(27)24(2)17-20-9-5-6-10-22(20)26-15-7-4-8-16-26/h5-6,9-14H,4,7-8,15-18H2,1-3H3. The maximum atomic E-state index is 12.8. The van der Waals surface area contributed by atoms with Crippen LogP contribution in [0.25, 0.3) is 0 Å². The third kappa shape index (κ3) is 5.21. The first-order valence-electron chi connectivity index (χ1n) is 10.4. The number of carbonyl (C=O) groups excluding carboxylic acids is 1. The van der Waals surface area contributed by atoms with Crippen LogP contribution in [-0.4, -0.2) is 57.3 Å². The number of hydrogen-bond donors (Lipinski definition) is 0. The van der Waals surface area contributed by atoms with Gasteiger partial charge in [-0.05, 0) is 49.9 Å². The van der Waals surface area contributed by atoms with E-state index in [0.29, 0.717) is 6.54 Å². The lowest BCUT2D eigenvalue weighted by molar-refractivity contribution is -0.130. The van der Waals surface area contributed by atoms with Crippen molar-refractivity contribution < 1.29 is 13.2 Å². The lowest BCUT2D eigenvalue weighted by atomic mass is 10.1. The number of nitrogens with zero attached hydrogens (tertiary/aromatic N) is 3. The Morgan fingerprint density at radius 3 is 2.27 bits per heavy atom. The second kappa shape index (κ2) is 9.62. The number of likely N-dealkylation sites (N-methyl/N-ethyl adjacent to an activating group) is 2. The summed E-state index contributed by atoms with van der Waals surface area (Å²) in [5.74, 6) is -0.235. The number of aryl methyl sites for hydroxylation is 1. The van der Waals surface area contributed by atoms with Gasteiger partial charge in [0.1, 0.15) is 0 Å². The number of anilines is 1. The Kier molecular flexibility index (Phi) is 7.15. The minimum atomic E-state index is -3.70. The van der Waals surface area contributed by atoms with Crippen molar-refractivity contribution in [2.24, 2.45) is 0 Å². The fourth-order valence-corrected chi connectivity index (χ4v) is 4.84. The third-order valence-corrected chi connectivity index (χ3v) is 7.43. The molecule has 30 heavy (non-hydrogen) atoms. The van der Waals surface area contributed by atoms with Crippen molar-refractivity contribution in [3.8, 4) is 0 Å². The van der Waals surface area contributed by atoms with Gasteiger partial charge in [0.05, 0.1) is 11.4 Å². The molecular weight excluding hydrogens is 398 g/mol. The Morgan fingerprint density at radius 1 is 0.967 bits per heavy atom. The number of carbonyl (C=O) groups is 1. The first-order chi connectivity index (χ1) is 14.3. The number of piperidine rings is 1. The van der Waals surface area contributed by atoms with Gasteiger partial charge in [0, 0.05) is 39.4 Å². The minimum absolute atomic E-state index is 0.196. The molecule has 1 aliphatic rings. The van der Waals surface area contributed by atoms with E-state index >= 15 is 0 Å². The van der Waals surface area contributed by atoms with Crippen molar-refractivity contribution in [3.63, 3.8) is 0 Å². The largest absolute Gasteiger partial charge is 0.371 e. The fourth-order valence-electron chi connectivity index (χ4n) is 3.72. The highest BCUT2D eigenvalue weighted by molar-refractivity contribution is 7.89. The summed E-state index contributed by atoms with van der Waals surface area (Å²) < 4.78 is 26.7. The van der Waals surface area contributed by atoms with Crippen LogP contribution in [0.5, 0.6) is 0 Å². The van der Waals surface area contributed by atoms with Crippen molar-refractivity contribution in [1.82, 2.24) is 9.21 Å². The Labute approximate surface area is 180 Å². The van der Waals surface area contributed by atoms with Crippen LogP contribution in [0, 0.1) is 6.92 Å². The van der Waals surface area contributed by atoms with Crippen LogP contribution in [0.3, 0.4) is 0 Å². The summed E-state index contributed by atoms with van der Waals surface area (Å²) in [5.41, 5.74) is 3.23. The van der Waals surface area contributed by atoms with Gasteiger partial charge in [0.2, 0.25) is 15.9 Å². The van der Waals surface area contributed by atoms with Gasteiger partial charge >= 0.3 is 0 Å². The lowest BCUT2D eigenvalue weighted by Gasteiger charge is -2.31. The zero-order chi connectivity index (χ0) is 21.7. The van der Waals surface area contributed by atoms with Crippen LogP contribution < -0.4 is 4.90 Å². The number of amides is 1. The molecule has 0 saturated carbocycles. The maximum absolute atomic E-state index is 12.8. The molecule has 1 fully saturated rings. The molecular formula is C23H31N3O3S. The smallest absolute Gasteiger partial charge is 0.243 e. The van der Waals surface area contributed by atoms with Crippen molar-refractivity contribution in [3.05, 3.63) is 59.7 Å². The highest BCUT2D eigenvalue weighted by atomic mass is 32.2. The number of rotatable bonds is 7. The van der Waals surface area contributed by atoms with Gasteiger partial charge in [0.15, 0.2) is 0 Å². The first kappa shape index (κ1) is 22.3. The van der Waals surface area contributed by atoms with E-state index in [2.05, 4.69) is 11.0 Å². The van der Waals surface area contributed by atoms with E-state index in [1.165, 1.54) is 26.3 Å². The zero-order valence-electron chi connectivity index (χ0n) is 18.0. The van der Waals surface area contributed by atoms with E-state index in [4.69, 9.17) is 0 Å². The van der Waals surface area contributed by atoms with Crippen molar-refractivity contribution in [2.75, 3.05) is 38.6 Å². The molecule has 0 spiro atoms. The predicted molar refractivity (Wildman–Crippen MR) is 120 cm³/mol. The van der Waals surface area contributed by atoms with Gasteiger partial charge < -0.3 is 9.80 Å². The van der Waals surface area contributed by atoms with E-state index < -0.39 is 10.0 Å². The van der Waals surface area contributed by atoms with Gasteiger partial charge in [-0.15, -0.1) is 0 Å². The molecule has 3 rings (SSSR count). The van der Waals surface area contributed by atoms with E-state index in [0.717, 1.165) is 34.2 Å². The molecule has 0 aromatic heterocycles. The molecule has 1 aliphatic heterocycles. The molecule has 0 N–H and O–H groups in total. The summed E-state index contributed by atoms with van der Waals surface area (Å²) in [6.45, 7) is 4.22. The third-order valence-electron chi connectivity index (χ3n) is 5.61. The molecule has 0 atom stereocenters. The van der Waals surface area contributed by atoms with Gasteiger partial charge in [-0.25, -0.2) is 8.42 Å². The summed E-state index contributed by atoms with van der Waals surface area (Å²) in [7, 11) is -0.534. The molecule has 1 heterocycles. The van der Waals surface area contributed by atoms with Gasteiger partial charge in [0.25, 0.3) is 0 Å². The van der Waals surface area contributed by atoms with Crippen molar-refractivity contribution in [2.45, 2.75) is 37.6 Å². The molecule has 2 aromatic rings. The summed E-state index contributed by atoms with van der Waals surface area (Å²) >= 11 is 0. The summed E-state index contributed by atoms with van der Waals surface area (Å²) in [6, 6.07) is 14.8.